The predicted octanol–water partition coefficient (Wildman–Crippen LogP) is 2.18. The smallest absolute Gasteiger partial charge is 0.337 e. The zero-order valence-electron chi connectivity index (χ0n) is 10.1. The third-order valence-corrected chi connectivity index (χ3v) is 5.73. The van der Waals surface area contributed by atoms with Crippen LogP contribution >= 0.6 is 67.8 Å². The summed E-state index contributed by atoms with van der Waals surface area (Å²) >= 11 is 5.72. The number of amides is 2. The van der Waals surface area contributed by atoms with Gasteiger partial charge in [-0.2, -0.15) is 0 Å². The molecule has 0 saturated heterocycles. The van der Waals surface area contributed by atoms with Gasteiger partial charge in [0.15, 0.2) is 0 Å². The first kappa shape index (κ1) is 17.9. The summed E-state index contributed by atoms with van der Waals surface area (Å²) in [5.41, 5.74) is 6.17. The maximum Gasteiger partial charge on any atom is 0.337 e. The van der Waals surface area contributed by atoms with E-state index in [1.54, 1.807) is 0 Å². The van der Waals surface area contributed by atoms with Crippen LogP contribution in [0.2, 0.25) is 0 Å². The van der Waals surface area contributed by atoms with Gasteiger partial charge in [0.05, 0.1) is 21.2 Å². The van der Waals surface area contributed by atoms with E-state index < -0.39 is 11.9 Å². The molecular weight excluding hydrogens is 605 g/mol. The van der Waals surface area contributed by atoms with Gasteiger partial charge in [-0.15, -0.1) is 0 Å². The Morgan fingerprint density at radius 1 is 1.15 bits per heavy atom. The molecule has 108 valence electrons. The number of carbonyl (C=O) groups excluding carboxylic acids is 2. The van der Waals surface area contributed by atoms with Gasteiger partial charge in [-0.05, 0) is 73.3 Å². The van der Waals surface area contributed by atoms with Crippen molar-refractivity contribution in [2.24, 2.45) is 5.73 Å². The van der Waals surface area contributed by atoms with E-state index >= 15 is 0 Å². The fourth-order valence-electron chi connectivity index (χ4n) is 1.52. The Bertz CT molecular complexity index is 573. The molecule has 4 N–H and O–H groups in total. The first-order chi connectivity index (χ1) is 9.16. The van der Waals surface area contributed by atoms with Gasteiger partial charge in [-0.1, -0.05) is 0 Å². The van der Waals surface area contributed by atoms with Crippen molar-refractivity contribution in [2.75, 3.05) is 5.32 Å². The molecule has 1 aromatic carbocycles. The number of hydrogen-bond donors (Lipinski definition) is 3. The third-order valence-electron chi connectivity index (χ3n) is 2.27. The summed E-state index contributed by atoms with van der Waals surface area (Å²) in [5.74, 6) is -2.00. The number of halogens is 3. The van der Waals surface area contributed by atoms with E-state index in [4.69, 9.17) is 5.73 Å². The molecule has 0 radical (unpaired) electrons. The SMILES string of the molecule is CC(=O)Nc1c(I)c(CC(N)=O)c(I)c(C(=O)O)c1I. The van der Waals surface area contributed by atoms with Crippen LogP contribution in [0.3, 0.4) is 0 Å². The predicted molar refractivity (Wildman–Crippen MR) is 98.8 cm³/mol. The molecule has 0 unspecified atom stereocenters. The molecule has 0 atom stereocenters. The molecule has 6 nitrogen and oxygen atoms in total. The standard InChI is InChI=1S/C11H9I3N2O4/c1-3(17)16-10-8(13)4(2-5(15)18)7(12)6(9(10)14)11(19)20/h2H2,1H3,(H2,15,18)(H,16,17)(H,19,20). The Labute approximate surface area is 155 Å². The van der Waals surface area contributed by atoms with Gasteiger partial charge >= 0.3 is 5.97 Å². The fourth-order valence-corrected chi connectivity index (χ4v) is 5.80. The molecule has 0 fully saturated rings. The van der Waals surface area contributed by atoms with Crippen molar-refractivity contribution in [3.05, 3.63) is 21.8 Å². The van der Waals surface area contributed by atoms with E-state index in [2.05, 4.69) is 5.32 Å². The zero-order valence-corrected chi connectivity index (χ0v) is 16.6. The van der Waals surface area contributed by atoms with Crippen LogP contribution in [0.15, 0.2) is 0 Å². The van der Waals surface area contributed by atoms with Crippen LogP contribution in [-0.4, -0.2) is 22.9 Å². The average molecular weight is 614 g/mol. The van der Waals surface area contributed by atoms with Crippen LogP contribution in [0.5, 0.6) is 0 Å². The van der Waals surface area contributed by atoms with Gasteiger partial charge < -0.3 is 16.2 Å². The van der Waals surface area contributed by atoms with Crippen molar-refractivity contribution >= 4 is 91.2 Å². The van der Waals surface area contributed by atoms with Crippen molar-refractivity contribution in [3.8, 4) is 0 Å². The highest BCUT2D eigenvalue weighted by Crippen LogP contribution is 2.35. The highest BCUT2D eigenvalue weighted by molar-refractivity contribution is 14.1. The number of aromatic carboxylic acids is 1. The summed E-state index contributed by atoms with van der Waals surface area (Å²) in [6.07, 6.45) is -0.0830. The Balaban J connectivity index is 3.68. The number of nitrogens with one attached hydrogen (secondary N) is 1. The molecule has 0 spiro atoms. The highest BCUT2D eigenvalue weighted by Gasteiger charge is 2.25. The second-order valence-electron chi connectivity index (χ2n) is 3.80. The summed E-state index contributed by atoms with van der Waals surface area (Å²) in [5, 5.41) is 11.9. The number of carbonyl (C=O) groups is 3. The van der Waals surface area contributed by atoms with Gasteiger partial charge in [0.2, 0.25) is 11.8 Å². The van der Waals surface area contributed by atoms with Crippen molar-refractivity contribution < 1.29 is 19.5 Å². The number of carboxylic acids is 1. The Morgan fingerprint density at radius 3 is 2.10 bits per heavy atom. The summed E-state index contributed by atoms with van der Waals surface area (Å²) in [4.78, 5) is 33.8. The molecule has 0 aliphatic carbocycles. The molecule has 1 rings (SSSR count). The summed E-state index contributed by atoms with van der Waals surface area (Å²) < 4.78 is 1.50. The zero-order chi connectivity index (χ0) is 15.6. The molecule has 0 aliphatic heterocycles. The molecule has 0 bridgehead atoms. The maximum atomic E-state index is 11.4. The highest BCUT2D eigenvalue weighted by atomic mass is 127. The quantitative estimate of drug-likeness (QED) is 0.453. The molecule has 0 aromatic heterocycles. The molecular formula is C11H9I3N2O4. The number of nitrogens with two attached hydrogens (primary N) is 1. The lowest BCUT2D eigenvalue weighted by Crippen LogP contribution is -2.20. The van der Waals surface area contributed by atoms with E-state index in [1.165, 1.54) is 6.92 Å². The van der Waals surface area contributed by atoms with Crippen molar-refractivity contribution in [1.29, 1.82) is 0 Å². The van der Waals surface area contributed by atoms with Crippen molar-refractivity contribution in [1.82, 2.24) is 0 Å². The van der Waals surface area contributed by atoms with Crippen LogP contribution in [-0.2, 0) is 16.0 Å². The number of anilines is 1. The van der Waals surface area contributed by atoms with E-state index in [9.17, 15) is 19.5 Å². The molecule has 0 heterocycles. The minimum atomic E-state index is -1.12. The van der Waals surface area contributed by atoms with Crippen LogP contribution in [0.1, 0.15) is 22.8 Å². The molecule has 9 heteroatoms. The normalized spacial score (nSPS) is 10.2. The minimum Gasteiger partial charge on any atom is -0.478 e. The van der Waals surface area contributed by atoms with Crippen LogP contribution in [0.4, 0.5) is 5.69 Å². The van der Waals surface area contributed by atoms with Crippen LogP contribution < -0.4 is 11.1 Å². The van der Waals surface area contributed by atoms with Gasteiger partial charge in [-0.25, -0.2) is 4.79 Å². The third kappa shape index (κ3) is 3.93. The van der Waals surface area contributed by atoms with Crippen molar-refractivity contribution in [3.63, 3.8) is 0 Å². The van der Waals surface area contributed by atoms with Gasteiger partial charge in [-0.3, -0.25) is 9.59 Å². The number of hydrogen-bond acceptors (Lipinski definition) is 3. The summed E-state index contributed by atoms with van der Waals surface area (Å²) in [6.45, 7) is 1.33. The Morgan fingerprint density at radius 2 is 1.70 bits per heavy atom. The number of primary amides is 1. The van der Waals surface area contributed by atoms with Gasteiger partial charge in [0, 0.05) is 14.1 Å². The van der Waals surface area contributed by atoms with Crippen LogP contribution in [0.25, 0.3) is 0 Å². The number of benzene rings is 1. The largest absolute Gasteiger partial charge is 0.478 e. The van der Waals surface area contributed by atoms with E-state index in [0.29, 0.717) is 22.0 Å². The Hall–Kier alpha value is -0.180. The molecule has 0 aliphatic rings. The average Bonchev–Trinajstić information content (AvgIpc) is 2.29. The lowest BCUT2D eigenvalue weighted by atomic mass is 10.1. The minimum absolute atomic E-state index is 0.0617. The van der Waals surface area contributed by atoms with E-state index in [1.807, 2.05) is 67.8 Å². The first-order valence-corrected chi connectivity index (χ1v) is 8.38. The first-order valence-electron chi connectivity index (χ1n) is 5.15. The maximum absolute atomic E-state index is 11.4. The summed E-state index contributed by atoms with van der Waals surface area (Å²) in [7, 11) is 0. The topological polar surface area (TPSA) is 109 Å². The van der Waals surface area contributed by atoms with E-state index in [-0.39, 0.29) is 17.9 Å². The molecule has 20 heavy (non-hydrogen) atoms. The Kier molecular flexibility index (Phi) is 6.43. The monoisotopic (exact) mass is 614 g/mol. The second-order valence-corrected chi connectivity index (χ2v) is 7.04. The molecule has 1 aromatic rings. The fraction of sp³-hybridized carbons (Fsp3) is 0.182. The second kappa shape index (κ2) is 7.20. The van der Waals surface area contributed by atoms with Crippen LogP contribution in [0, 0.1) is 10.7 Å². The van der Waals surface area contributed by atoms with E-state index in [0.717, 1.165) is 0 Å². The lowest BCUT2D eigenvalue weighted by molar-refractivity contribution is -0.117. The number of carboxylic acid groups (broad SMARTS) is 1. The molecule has 0 saturated carbocycles. The van der Waals surface area contributed by atoms with Gasteiger partial charge in [0.1, 0.15) is 0 Å². The van der Waals surface area contributed by atoms with Crippen molar-refractivity contribution in [2.45, 2.75) is 13.3 Å². The van der Waals surface area contributed by atoms with Gasteiger partial charge in [0.25, 0.3) is 0 Å². The number of rotatable bonds is 4. The summed E-state index contributed by atoms with van der Waals surface area (Å²) in [6, 6.07) is 0. The lowest BCUT2D eigenvalue weighted by Gasteiger charge is -2.17. The molecule has 2 amide bonds.